The molecule has 46 heavy (non-hydrogen) atoms. The summed E-state index contributed by atoms with van der Waals surface area (Å²) in [6.07, 6.45) is 11.8. The van der Waals surface area contributed by atoms with Gasteiger partial charge in [0.2, 0.25) is 0 Å². The summed E-state index contributed by atoms with van der Waals surface area (Å²) in [7, 11) is 17.6. The van der Waals surface area contributed by atoms with E-state index in [-0.39, 0.29) is 7.25 Å². The average molecular weight is 744 g/mol. The van der Waals surface area contributed by atoms with Crippen molar-refractivity contribution >= 4 is 35.1 Å². The molecule has 0 saturated carbocycles. The third kappa shape index (κ3) is 5.64. The number of hydrogen-bond donors (Lipinski definition) is 0. The molecule has 0 saturated heterocycles. The van der Waals surface area contributed by atoms with Gasteiger partial charge in [-0.15, -0.1) is 0 Å². The summed E-state index contributed by atoms with van der Waals surface area (Å²) in [5.74, 6) is -1.63. The summed E-state index contributed by atoms with van der Waals surface area (Å²) in [6.45, 7) is 14.1. The van der Waals surface area contributed by atoms with Crippen LogP contribution in [-0.4, -0.2) is 5.92 Å². The summed E-state index contributed by atoms with van der Waals surface area (Å²) in [5.41, 5.74) is 16.4. The number of rotatable bonds is 11. The molecule has 4 aromatic carbocycles. The molecule has 0 heterocycles. The van der Waals surface area contributed by atoms with Crippen molar-refractivity contribution in [3.05, 3.63) is 129 Å². The van der Waals surface area contributed by atoms with Gasteiger partial charge in [-0.05, 0) is 0 Å². The van der Waals surface area contributed by atoms with Crippen LogP contribution in [0.1, 0.15) is 93.0 Å². The number of halogens is 2. The Labute approximate surface area is 286 Å². The van der Waals surface area contributed by atoms with E-state index in [9.17, 15) is 0 Å². The first kappa shape index (κ1) is 33.9. The predicted molar refractivity (Wildman–Crippen MR) is 204 cm³/mol. The van der Waals surface area contributed by atoms with Gasteiger partial charge < -0.3 is 0 Å². The molecule has 2 unspecified atom stereocenters. The van der Waals surface area contributed by atoms with Crippen LogP contribution < -0.4 is 0 Å². The number of aryl methyl sites for hydroxylation is 2. The Morgan fingerprint density at radius 2 is 0.978 bits per heavy atom. The molecule has 0 radical (unpaired) electrons. The molecular weight excluding hydrogens is 695 g/mol. The third-order valence-corrected chi connectivity index (χ3v) is 62.8. The predicted octanol–water partition coefficient (Wildman–Crippen LogP) is 13.6. The molecule has 2 atom stereocenters. The molecule has 2 aliphatic carbocycles. The van der Waals surface area contributed by atoms with E-state index in [2.05, 4.69) is 138 Å². The van der Waals surface area contributed by atoms with Crippen LogP contribution in [0.2, 0.25) is 13.1 Å². The molecule has 4 aromatic rings. The fourth-order valence-electron chi connectivity index (χ4n) is 8.55. The van der Waals surface area contributed by atoms with Gasteiger partial charge in [-0.1, -0.05) is 0 Å². The number of benzene rings is 4. The number of allylic oxidation sites excluding steroid dienone is 2. The summed E-state index contributed by atoms with van der Waals surface area (Å²) in [5, 5.41) is 0. The van der Waals surface area contributed by atoms with Crippen LogP contribution in [0.15, 0.2) is 96.1 Å². The molecule has 0 N–H and O–H groups in total. The molecule has 4 heteroatoms. The third-order valence-electron chi connectivity index (χ3n) is 11.0. The van der Waals surface area contributed by atoms with E-state index in [0.29, 0.717) is 0 Å². The van der Waals surface area contributed by atoms with Crippen LogP contribution >= 0.6 is 17.0 Å². The van der Waals surface area contributed by atoms with Gasteiger partial charge in [0.1, 0.15) is 0 Å². The second-order valence-electron chi connectivity index (χ2n) is 14.1. The first-order valence-electron chi connectivity index (χ1n) is 17.5. The van der Waals surface area contributed by atoms with E-state index < -0.39 is 21.5 Å². The molecule has 0 aromatic heterocycles. The van der Waals surface area contributed by atoms with Crippen LogP contribution in [0.3, 0.4) is 0 Å². The topological polar surface area (TPSA) is 0 Å². The number of hydrogen-bond acceptors (Lipinski definition) is 0. The Balaban J connectivity index is 1.63. The zero-order valence-corrected chi connectivity index (χ0v) is 33.6. The number of fused-ring (bicyclic) bond motifs is 2. The molecular formula is C42H49Cl2SiZr. The monoisotopic (exact) mass is 741 g/mol. The molecule has 0 nitrogen and oxygen atoms in total. The van der Waals surface area contributed by atoms with Gasteiger partial charge in [0.25, 0.3) is 0 Å². The van der Waals surface area contributed by atoms with Crippen LogP contribution in [0.25, 0.3) is 34.4 Å². The van der Waals surface area contributed by atoms with E-state index >= 15 is 0 Å². The zero-order valence-electron chi connectivity index (χ0n) is 28.5. The van der Waals surface area contributed by atoms with E-state index in [1.165, 1.54) is 66.8 Å². The molecule has 0 amide bonds. The van der Waals surface area contributed by atoms with Crippen molar-refractivity contribution in [3.63, 3.8) is 0 Å². The molecule has 0 bridgehead atoms. The van der Waals surface area contributed by atoms with Gasteiger partial charge in [0.15, 0.2) is 0 Å². The average Bonchev–Trinajstić information content (AvgIpc) is 3.63. The minimum absolute atomic E-state index is 0.128. The van der Waals surface area contributed by atoms with Gasteiger partial charge in [-0.2, -0.15) is 0 Å². The van der Waals surface area contributed by atoms with Crippen molar-refractivity contribution in [2.75, 3.05) is 0 Å². The van der Waals surface area contributed by atoms with Crippen LogP contribution in [0.5, 0.6) is 0 Å². The Bertz CT molecular complexity index is 1680. The van der Waals surface area contributed by atoms with Crippen molar-refractivity contribution in [1.29, 1.82) is 0 Å². The fourth-order valence-corrected chi connectivity index (χ4v) is 40.0. The van der Waals surface area contributed by atoms with Crippen molar-refractivity contribution in [1.82, 2.24) is 0 Å². The Hall–Kier alpha value is -1.96. The SMILES string of the molecule is CCCCC1=Cc2c(ccc(C)c2-c2ccccc2)[CH]1[Zr]([Cl])([Cl])([CH]1C(CCCC)=Cc2c1ccc(C)c2-c1ccccc1)[SiH](C)C. The summed E-state index contributed by atoms with van der Waals surface area (Å²) >= 11 is -4.84. The van der Waals surface area contributed by atoms with Gasteiger partial charge in [-0.3, -0.25) is 0 Å². The molecule has 2 aliphatic rings. The molecule has 239 valence electrons. The molecule has 6 rings (SSSR count). The van der Waals surface area contributed by atoms with Crippen molar-refractivity contribution < 1.29 is 15.6 Å². The van der Waals surface area contributed by atoms with Crippen LogP contribution in [0, 0.1) is 13.8 Å². The zero-order chi connectivity index (χ0) is 32.7. The molecule has 0 fully saturated rings. The maximum atomic E-state index is 8.78. The van der Waals surface area contributed by atoms with Crippen LogP contribution in [-0.2, 0) is 15.6 Å². The van der Waals surface area contributed by atoms with Gasteiger partial charge in [0, 0.05) is 0 Å². The van der Waals surface area contributed by atoms with Gasteiger partial charge in [0.05, 0.1) is 0 Å². The quantitative estimate of drug-likeness (QED) is 0.134. The second kappa shape index (κ2) is 13.5. The molecule has 0 spiro atoms. The summed E-state index contributed by atoms with van der Waals surface area (Å²) in [6, 6.07) is 31.4. The van der Waals surface area contributed by atoms with E-state index in [1.807, 2.05) is 0 Å². The maximum absolute atomic E-state index is 8.78. The Kier molecular flexibility index (Phi) is 9.96. The van der Waals surface area contributed by atoms with Gasteiger partial charge >= 0.3 is 289 Å². The van der Waals surface area contributed by atoms with Gasteiger partial charge in [-0.25, -0.2) is 0 Å². The standard InChI is InChI=1S/2C20H21.C2H7Si.2ClH.Zr/c2*1-3-4-8-16-13-18-12-11-15(2)20(19(18)14-16)17-9-6-5-7-10-17;1-3-2;;;/h2*5-7,9-14H,3-4,8H2,1-2H3;3H,1-2H3;2*1H;/q;;;;;+2/p-2. The minimum atomic E-state index is -4.84. The van der Waals surface area contributed by atoms with Crippen LogP contribution in [0.4, 0.5) is 0 Å². The van der Waals surface area contributed by atoms with Crippen molar-refractivity contribution in [2.24, 2.45) is 0 Å². The van der Waals surface area contributed by atoms with Crippen molar-refractivity contribution in [2.45, 2.75) is 86.6 Å². The first-order valence-corrected chi connectivity index (χ1v) is 33.8. The van der Waals surface area contributed by atoms with E-state index in [0.717, 1.165) is 38.5 Å². The first-order chi connectivity index (χ1) is 22.1. The van der Waals surface area contributed by atoms with Crippen molar-refractivity contribution in [3.8, 4) is 22.3 Å². The normalized spacial score (nSPS) is 18.2. The summed E-state index contributed by atoms with van der Waals surface area (Å²) in [4.78, 5) is 0. The van der Waals surface area contributed by atoms with E-state index in [1.54, 1.807) is 0 Å². The van der Waals surface area contributed by atoms with E-state index in [4.69, 9.17) is 17.0 Å². The number of unbranched alkanes of at least 4 members (excludes halogenated alkanes) is 2. The second-order valence-corrected chi connectivity index (χ2v) is 56.7. The molecule has 0 aliphatic heterocycles. The Morgan fingerprint density at radius 3 is 1.33 bits per heavy atom. The Morgan fingerprint density at radius 1 is 0.587 bits per heavy atom. The summed E-state index contributed by atoms with van der Waals surface area (Å²) < 4.78 is 0.256. The fraction of sp³-hybridized carbons (Fsp3) is 0.333.